The Balaban J connectivity index is 2.06. The molecule has 4 nitrogen and oxygen atoms in total. The number of nitrogens with two attached hydrogens (primary N) is 2. The van der Waals surface area contributed by atoms with E-state index in [0.717, 1.165) is 18.5 Å². The molecular weight excluding hydrogens is 234 g/mol. The van der Waals surface area contributed by atoms with Crippen LogP contribution in [0.3, 0.4) is 0 Å². The third kappa shape index (κ3) is 1.65. The van der Waals surface area contributed by atoms with E-state index in [0.29, 0.717) is 16.6 Å². The van der Waals surface area contributed by atoms with E-state index in [4.69, 9.17) is 11.5 Å². The minimum absolute atomic E-state index is 0.371. The monoisotopic (exact) mass is 251 g/mol. The lowest BCUT2D eigenvalue weighted by Gasteiger charge is -2.39. The Labute approximate surface area is 105 Å². The zero-order chi connectivity index (χ0) is 12.0. The minimum Gasteiger partial charge on any atom is -0.390 e. The number of hydrogen-bond donors (Lipinski definition) is 2. The normalized spacial score (nSPS) is 24.1. The Hall–Kier alpha value is -1.07. The lowest BCUT2D eigenvalue weighted by molar-refractivity contribution is 0.0998. The first-order valence-electron chi connectivity index (χ1n) is 6.13. The van der Waals surface area contributed by atoms with Gasteiger partial charge in [0.2, 0.25) is 0 Å². The van der Waals surface area contributed by atoms with Gasteiger partial charge >= 0.3 is 0 Å². The molecule has 1 amide bonds. The lowest BCUT2D eigenvalue weighted by Crippen LogP contribution is -2.38. The third-order valence-electron chi connectivity index (χ3n) is 3.88. The molecule has 5 heteroatoms. The number of primary amides is 1. The van der Waals surface area contributed by atoms with Crippen molar-refractivity contribution in [1.29, 1.82) is 0 Å². The van der Waals surface area contributed by atoms with Crippen LogP contribution in [0.25, 0.3) is 0 Å². The molecule has 0 aromatic carbocycles. The van der Waals surface area contributed by atoms with E-state index < -0.39 is 0 Å². The summed E-state index contributed by atoms with van der Waals surface area (Å²) in [5, 5.41) is 0.606. The molecule has 0 aliphatic carbocycles. The molecule has 0 saturated carbocycles. The van der Waals surface area contributed by atoms with Crippen LogP contribution >= 0.6 is 11.3 Å². The zero-order valence-corrected chi connectivity index (χ0v) is 10.6. The van der Waals surface area contributed by atoms with Gasteiger partial charge in [0.25, 0.3) is 5.91 Å². The minimum atomic E-state index is -0.371. The molecule has 0 spiro atoms. The highest BCUT2D eigenvalue weighted by molar-refractivity contribution is 7.16. The van der Waals surface area contributed by atoms with Crippen LogP contribution in [-0.2, 0) is 6.42 Å². The highest BCUT2D eigenvalue weighted by Gasteiger charge is 2.34. The summed E-state index contributed by atoms with van der Waals surface area (Å²) in [5.41, 5.74) is 13.1. The number of amides is 1. The van der Waals surface area contributed by atoms with Gasteiger partial charge in [-0.25, -0.2) is 0 Å². The van der Waals surface area contributed by atoms with Crippen molar-refractivity contribution in [1.82, 2.24) is 4.90 Å². The Morgan fingerprint density at radius 1 is 1.35 bits per heavy atom. The quantitative estimate of drug-likeness (QED) is 0.794. The number of nitrogens with zero attached hydrogens (tertiary/aromatic N) is 1. The second-order valence-electron chi connectivity index (χ2n) is 4.85. The van der Waals surface area contributed by atoms with E-state index in [-0.39, 0.29) is 5.91 Å². The van der Waals surface area contributed by atoms with E-state index in [1.54, 1.807) is 11.3 Å². The predicted octanol–water partition coefficient (Wildman–Crippen LogP) is 1.51. The summed E-state index contributed by atoms with van der Waals surface area (Å²) < 4.78 is 0. The first-order chi connectivity index (χ1) is 8.18. The Kier molecular flexibility index (Phi) is 2.60. The van der Waals surface area contributed by atoms with Gasteiger partial charge in [0.1, 0.15) is 0 Å². The summed E-state index contributed by atoms with van der Waals surface area (Å²) in [4.78, 5) is 15.3. The SMILES string of the molecule is NC(=O)c1c(N)sc2c1CCN1CCCCC21. The van der Waals surface area contributed by atoms with Gasteiger partial charge < -0.3 is 11.5 Å². The van der Waals surface area contributed by atoms with Crippen LogP contribution in [0.4, 0.5) is 5.00 Å². The van der Waals surface area contributed by atoms with Crippen LogP contribution < -0.4 is 11.5 Å². The molecule has 1 atom stereocenters. The van der Waals surface area contributed by atoms with Crippen LogP contribution in [0.1, 0.15) is 46.1 Å². The first kappa shape index (κ1) is 11.0. The zero-order valence-electron chi connectivity index (χ0n) is 9.74. The van der Waals surface area contributed by atoms with E-state index in [2.05, 4.69) is 4.90 Å². The molecule has 0 radical (unpaired) electrons. The molecule has 2 aliphatic heterocycles. The summed E-state index contributed by atoms with van der Waals surface area (Å²) in [7, 11) is 0. The standard InChI is InChI=1S/C12H17N3OS/c13-11(16)9-7-4-6-15-5-2-1-3-8(15)10(7)17-12(9)14/h8H,1-6,14H2,(H2,13,16). The molecule has 3 rings (SSSR count). The fourth-order valence-corrected chi connectivity index (χ4v) is 4.39. The van der Waals surface area contributed by atoms with Gasteiger partial charge in [0.15, 0.2) is 0 Å². The second kappa shape index (κ2) is 3.99. The molecule has 1 aromatic heterocycles. The topological polar surface area (TPSA) is 72.3 Å². The average molecular weight is 251 g/mol. The van der Waals surface area contributed by atoms with Gasteiger partial charge in [0, 0.05) is 17.5 Å². The number of anilines is 1. The molecule has 3 heterocycles. The summed E-state index contributed by atoms with van der Waals surface area (Å²) in [5.74, 6) is -0.371. The van der Waals surface area contributed by atoms with Gasteiger partial charge in [-0.15, -0.1) is 11.3 Å². The number of nitrogen functional groups attached to an aromatic ring is 1. The Morgan fingerprint density at radius 3 is 2.94 bits per heavy atom. The third-order valence-corrected chi connectivity index (χ3v) is 5.04. The van der Waals surface area contributed by atoms with Crippen LogP contribution in [0, 0.1) is 0 Å². The van der Waals surface area contributed by atoms with Crippen molar-refractivity contribution in [2.45, 2.75) is 31.7 Å². The van der Waals surface area contributed by atoms with Gasteiger partial charge in [-0.2, -0.15) is 0 Å². The highest BCUT2D eigenvalue weighted by atomic mass is 32.1. The average Bonchev–Trinajstić information content (AvgIpc) is 2.65. The number of rotatable bonds is 1. The Morgan fingerprint density at radius 2 is 2.18 bits per heavy atom. The van der Waals surface area contributed by atoms with Gasteiger partial charge in [-0.1, -0.05) is 6.42 Å². The molecule has 1 fully saturated rings. The molecule has 1 unspecified atom stereocenters. The molecule has 17 heavy (non-hydrogen) atoms. The maximum atomic E-state index is 11.5. The maximum Gasteiger partial charge on any atom is 0.251 e. The number of carbonyl (C=O) groups is 1. The number of thiophene rings is 1. The lowest BCUT2D eigenvalue weighted by atomic mass is 9.91. The summed E-state index contributed by atoms with van der Waals surface area (Å²) in [6, 6.07) is 0.480. The van der Waals surface area contributed by atoms with Gasteiger partial charge in [-0.05, 0) is 31.4 Å². The van der Waals surface area contributed by atoms with Crippen molar-refractivity contribution in [2.24, 2.45) is 5.73 Å². The van der Waals surface area contributed by atoms with Crippen LogP contribution in [-0.4, -0.2) is 23.9 Å². The van der Waals surface area contributed by atoms with E-state index in [1.807, 2.05) is 0 Å². The molecule has 2 aliphatic rings. The van der Waals surface area contributed by atoms with Crippen LogP contribution in [0.2, 0.25) is 0 Å². The van der Waals surface area contributed by atoms with Crippen molar-refractivity contribution in [2.75, 3.05) is 18.8 Å². The first-order valence-corrected chi connectivity index (χ1v) is 6.95. The smallest absolute Gasteiger partial charge is 0.251 e. The number of piperidine rings is 1. The number of hydrogen-bond acceptors (Lipinski definition) is 4. The maximum absolute atomic E-state index is 11.5. The van der Waals surface area contributed by atoms with Crippen molar-refractivity contribution in [3.8, 4) is 0 Å². The number of fused-ring (bicyclic) bond motifs is 3. The molecule has 1 aromatic rings. The fraction of sp³-hybridized carbons (Fsp3) is 0.583. The predicted molar refractivity (Wildman–Crippen MR) is 69.1 cm³/mol. The fourth-order valence-electron chi connectivity index (χ4n) is 3.10. The highest BCUT2D eigenvalue weighted by Crippen LogP contribution is 2.44. The molecule has 4 N–H and O–H groups in total. The van der Waals surface area contributed by atoms with E-state index in [9.17, 15) is 4.79 Å². The van der Waals surface area contributed by atoms with Gasteiger partial charge in [-0.3, -0.25) is 9.69 Å². The summed E-state index contributed by atoms with van der Waals surface area (Å²) >= 11 is 1.57. The molecule has 0 bridgehead atoms. The van der Waals surface area contributed by atoms with Gasteiger partial charge in [0.05, 0.1) is 10.6 Å². The van der Waals surface area contributed by atoms with E-state index in [1.165, 1.54) is 30.7 Å². The van der Waals surface area contributed by atoms with Crippen molar-refractivity contribution in [3.63, 3.8) is 0 Å². The van der Waals surface area contributed by atoms with E-state index >= 15 is 0 Å². The van der Waals surface area contributed by atoms with Crippen LogP contribution in [0.5, 0.6) is 0 Å². The van der Waals surface area contributed by atoms with Crippen LogP contribution in [0.15, 0.2) is 0 Å². The molecular formula is C12H17N3OS. The van der Waals surface area contributed by atoms with Crippen molar-refractivity contribution in [3.05, 3.63) is 16.0 Å². The summed E-state index contributed by atoms with van der Waals surface area (Å²) in [6.07, 6.45) is 4.66. The van der Waals surface area contributed by atoms with Crippen molar-refractivity contribution >= 4 is 22.2 Å². The number of carbonyl (C=O) groups excluding carboxylic acids is 1. The molecule has 1 saturated heterocycles. The second-order valence-corrected chi connectivity index (χ2v) is 5.93. The van der Waals surface area contributed by atoms with Crippen molar-refractivity contribution < 1.29 is 4.79 Å². The molecule has 92 valence electrons. The summed E-state index contributed by atoms with van der Waals surface area (Å²) in [6.45, 7) is 2.21. The largest absolute Gasteiger partial charge is 0.390 e. The Bertz CT molecular complexity index is 469.